The van der Waals surface area contributed by atoms with E-state index in [2.05, 4.69) is 32.4 Å². The van der Waals surface area contributed by atoms with E-state index in [1.54, 1.807) is 4.60 Å². The van der Waals surface area contributed by atoms with Gasteiger partial charge < -0.3 is 13.9 Å². The van der Waals surface area contributed by atoms with Crippen LogP contribution in [0.4, 0.5) is 0 Å². The van der Waals surface area contributed by atoms with Crippen LogP contribution < -0.4 is 13.9 Å². The maximum absolute atomic E-state index is 6.62. The Hall–Kier alpha value is -3.36. The standard InChI is InChI=1S/C30H32N2O3P2/c1-5-15-24-23-30(29(18-8-4)28(17-7-3)27(24)16-6-2)35-37-31-36(34-26-21-13-10-14-22-26)32(37)33-25-19-11-9-12-20-25/h5-14,19-23,37H,1-4,15-18H2. The Labute approximate surface area is 221 Å². The van der Waals surface area contributed by atoms with Crippen LogP contribution in [-0.2, 0) is 25.7 Å². The van der Waals surface area contributed by atoms with Crippen molar-refractivity contribution in [3.05, 3.63) is 140 Å². The van der Waals surface area contributed by atoms with Gasteiger partial charge in [0.25, 0.3) is 0 Å². The minimum Gasteiger partial charge on any atom is -0.446 e. The van der Waals surface area contributed by atoms with E-state index in [9.17, 15) is 0 Å². The molecule has 4 rings (SSSR count). The van der Waals surface area contributed by atoms with E-state index in [0.29, 0.717) is 12.2 Å². The minimum atomic E-state index is -1.90. The van der Waals surface area contributed by atoms with E-state index < -0.39 is 16.5 Å². The van der Waals surface area contributed by atoms with Crippen LogP contribution in [0, 0.1) is 0 Å². The normalized spacial score (nSPS) is 16.5. The Morgan fingerprint density at radius 3 is 1.92 bits per heavy atom. The van der Waals surface area contributed by atoms with Crippen molar-refractivity contribution in [1.82, 2.24) is 4.60 Å². The number of rotatable bonds is 14. The number of allylic oxidation sites excluding steroid dienone is 4. The van der Waals surface area contributed by atoms with Crippen LogP contribution >= 0.6 is 16.5 Å². The van der Waals surface area contributed by atoms with Crippen molar-refractivity contribution < 1.29 is 13.9 Å². The Morgan fingerprint density at radius 1 is 0.730 bits per heavy atom. The lowest BCUT2D eigenvalue weighted by molar-refractivity contribution is 0.116. The molecule has 5 nitrogen and oxygen atoms in total. The van der Waals surface area contributed by atoms with Crippen LogP contribution in [0.1, 0.15) is 22.3 Å². The lowest BCUT2D eigenvalue weighted by Gasteiger charge is -2.35. The van der Waals surface area contributed by atoms with Crippen molar-refractivity contribution in [3.63, 3.8) is 0 Å². The van der Waals surface area contributed by atoms with Crippen LogP contribution in [0.5, 0.6) is 17.2 Å². The van der Waals surface area contributed by atoms with Gasteiger partial charge in [-0.15, -0.1) is 26.3 Å². The molecule has 3 aromatic rings. The Balaban J connectivity index is 1.72. The van der Waals surface area contributed by atoms with Crippen molar-refractivity contribution in [2.45, 2.75) is 25.7 Å². The zero-order chi connectivity index (χ0) is 26.0. The summed E-state index contributed by atoms with van der Waals surface area (Å²) in [5.41, 5.74) is 4.69. The molecule has 0 saturated carbocycles. The second kappa shape index (κ2) is 13.3. The third-order valence-corrected chi connectivity index (χ3v) is 9.67. The molecule has 7 heteroatoms. The smallest absolute Gasteiger partial charge is 0.345 e. The maximum Gasteiger partial charge on any atom is 0.345 e. The van der Waals surface area contributed by atoms with Crippen LogP contribution in [0.2, 0.25) is 0 Å². The van der Waals surface area contributed by atoms with E-state index in [1.165, 1.54) is 11.1 Å². The molecule has 190 valence electrons. The van der Waals surface area contributed by atoms with Gasteiger partial charge in [-0.25, -0.2) is 0 Å². The van der Waals surface area contributed by atoms with Gasteiger partial charge in [0.05, 0.1) is 0 Å². The molecule has 1 aliphatic rings. The predicted molar refractivity (Wildman–Crippen MR) is 156 cm³/mol. The molecule has 37 heavy (non-hydrogen) atoms. The molecule has 2 unspecified atom stereocenters. The van der Waals surface area contributed by atoms with Gasteiger partial charge in [0.15, 0.2) is 0 Å². The molecule has 1 heterocycles. The van der Waals surface area contributed by atoms with Crippen LogP contribution in [0.3, 0.4) is 0 Å². The third kappa shape index (κ3) is 6.50. The topological polar surface area (TPSA) is 43.3 Å². The summed E-state index contributed by atoms with van der Waals surface area (Å²) in [5.74, 6) is 2.23. The summed E-state index contributed by atoms with van der Waals surface area (Å²) in [4.78, 5) is 6.24. The average molecular weight is 531 g/mol. The first-order valence-corrected chi connectivity index (χ1v) is 14.6. The summed E-state index contributed by atoms with van der Waals surface area (Å²) in [6.45, 7) is 15.9. The Kier molecular flexibility index (Phi) is 9.57. The highest BCUT2D eigenvalue weighted by atomic mass is 31.2. The molecule has 0 N–H and O–H groups in total. The second-order valence-electron chi connectivity index (χ2n) is 8.26. The molecular weight excluding hydrogens is 498 g/mol. The highest BCUT2D eigenvalue weighted by molar-refractivity contribution is 7.71. The number of benzene rings is 3. The Morgan fingerprint density at radius 2 is 1.30 bits per heavy atom. The van der Waals surface area contributed by atoms with E-state index >= 15 is 0 Å². The van der Waals surface area contributed by atoms with Crippen molar-refractivity contribution >= 4 is 16.5 Å². The summed E-state index contributed by atoms with van der Waals surface area (Å²) >= 11 is 0. The second-order valence-corrected chi connectivity index (χ2v) is 11.7. The van der Waals surface area contributed by atoms with Gasteiger partial charge in [0.1, 0.15) is 17.2 Å². The fourth-order valence-electron chi connectivity index (χ4n) is 4.08. The molecule has 0 saturated heterocycles. The monoisotopic (exact) mass is 530 g/mol. The van der Waals surface area contributed by atoms with Gasteiger partial charge in [-0.1, -0.05) is 60.7 Å². The summed E-state index contributed by atoms with van der Waals surface area (Å²) in [6, 6.07) is 21.4. The SMILES string of the molecule is C=CCc1cc(O[PH]2=NP(Oc3ccccc3)N2Oc2ccccc2)c(CC=C)c(CC=C)c1CC=C. The van der Waals surface area contributed by atoms with Gasteiger partial charge in [0.2, 0.25) is 8.09 Å². The fourth-order valence-corrected chi connectivity index (χ4v) is 7.34. The highest BCUT2D eigenvalue weighted by Gasteiger charge is 2.40. The molecule has 2 atom stereocenters. The molecule has 3 aromatic carbocycles. The summed E-state index contributed by atoms with van der Waals surface area (Å²) < 4.78 is 19.4. The first-order chi connectivity index (χ1) is 18.2. The highest BCUT2D eigenvalue weighted by Crippen LogP contribution is 2.67. The largest absolute Gasteiger partial charge is 0.446 e. The van der Waals surface area contributed by atoms with Crippen molar-refractivity contribution in [3.8, 4) is 17.2 Å². The molecule has 0 radical (unpaired) electrons. The number of hydrogen-bond acceptors (Lipinski definition) is 5. The molecule has 0 spiro atoms. The first-order valence-electron chi connectivity index (χ1n) is 12.1. The molecule has 0 bridgehead atoms. The average Bonchev–Trinajstić information content (AvgIpc) is 2.92. The number of para-hydroxylation sites is 2. The molecule has 1 aliphatic heterocycles. The van der Waals surface area contributed by atoms with Gasteiger partial charge in [0, 0.05) is 10.2 Å². The molecule has 0 aliphatic carbocycles. The minimum absolute atomic E-state index is 0.668. The van der Waals surface area contributed by atoms with E-state index in [-0.39, 0.29) is 0 Å². The molecule has 0 fully saturated rings. The molecule has 0 amide bonds. The van der Waals surface area contributed by atoms with Crippen molar-refractivity contribution in [2.24, 2.45) is 4.52 Å². The lowest BCUT2D eigenvalue weighted by Crippen LogP contribution is -2.23. The maximum atomic E-state index is 6.62. The van der Waals surface area contributed by atoms with Gasteiger partial charge in [-0.2, -0.15) is 4.52 Å². The van der Waals surface area contributed by atoms with E-state index in [1.807, 2.05) is 85.0 Å². The quantitative estimate of drug-likeness (QED) is 0.154. The Bertz CT molecular complexity index is 1290. The zero-order valence-corrected chi connectivity index (χ0v) is 22.8. The fraction of sp³-hybridized carbons (Fsp3) is 0.133. The number of nitrogens with zero attached hydrogens (tertiary/aromatic N) is 2. The van der Waals surface area contributed by atoms with Gasteiger partial charge in [-0.05, 0) is 72.7 Å². The van der Waals surface area contributed by atoms with Gasteiger partial charge >= 0.3 is 8.45 Å². The summed E-state index contributed by atoms with van der Waals surface area (Å²) in [5, 5.41) is 0. The van der Waals surface area contributed by atoms with Gasteiger partial charge in [-0.3, -0.25) is 0 Å². The van der Waals surface area contributed by atoms with E-state index in [4.69, 9.17) is 18.4 Å². The van der Waals surface area contributed by atoms with E-state index in [0.717, 1.165) is 41.9 Å². The molecule has 0 aromatic heterocycles. The van der Waals surface area contributed by atoms with Crippen molar-refractivity contribution in [2.75, 3.05) is 0 Å². The summed E-state index contributed by atoms with van der Waals surface area (Å²) in [6.07, 6.45) is 10.6. The zero-order valence-electron chi connectivity index (χ0n) is 20.9. The summed E-state index contributed by atoms with van der Waals surface area (Å²) in [7, 11) is -3.26. The van der Waals surface area contributed by atoms with Crippen LogP contribution in [0.15, 0.2) is 122 Å². The lowest BCUT2D eigenvalue weighted by atomic mass is 9.88. The third-order valence-electron chi connectivity index (χ3n) is 5.69. The van der Waals surface area contributed by atoms with Crippen LogP contribution in [-0.4, -0.2) is 4.60 Å². The van der Waals surface area contributed by atoms with Crippen molar-refractivity contribution in [1.29, 1.82) is 0 Å². The molecular formula is C30H32N2O3P2. The predicted octanol–water partition coefficient (Wildman–Crippen LogP) is 8.82. The number of hydrogen-bond donors (Lipinski definition) is 0. The first kappa shape index (κ1) is 26.7. The van der Waals surface area contributed by atoms with Crippen LogP contribution in [0.25, 0.3) is 0 Å².